The molecule has 1 unspecified atom stereocenters. The zero-order valence-electron chi connectivity index (χ0n) is 17.2. The van der Waals surface area contributed by atoms with Crippen LogP contribution in [0.5, 0.6) is 17.2 Å². The van der Waals surface area contributed by atoms with Crippen molar-refractivity contribution in [3.63, 3.8) is 0 Å². The van der Waals surface area contributed by atoms with Gasteiger partial charge in [0.2, 0.25) is 11.7 Å². The molecule has 1 aromatic heterocycles. The number of ether oxygens (including phenoxy) is 3. The molecule has 5 nitrogen and oxygen atoms in total. The molecule has 0 bridgehead atoms. The Kier molecular flexibility index (Phi) is 8.39. The van der Waals surface area contributed by atoms with E-state index in [0.29, 0.717) is 23.2 Å². The van der Waals surface area contributed by atoms with Gasteiger partial charge in [-0.3, -0.25) is 4.79 Å². The van der Waals surface area contributed by atoms with Crippen molar-refractivity contribution in [3.8, 4) is 17.2 Å². The third-order valence-electron chi connectivity index (χ3n) is 4.78. The fourth-order valence-electron chi connectivity index (χ4n) is 3.22. The summed E-state index contributed by atoms with van der Waals surface area (Å²) in [5, 5.41) is 5.21. The lowest BCUT2D eigenvalue weighted by Crippen LogP contribution is -2.31. The molecular weight excluding hydrogens is 374 g/mol. The summed E-state index contributed by atoms with van der Waals surface area (Å²) in [6.07, 6.45) is 5.31. The van der Waals surface area contributed by atoms with Crippen LogP contribution in [0.1, 0.15) is 43.2 Å². The molecule has 28 heavy (non-hydrogen) atoms. The number of rotatable bonds is 10. The zero-order valence-corrected chi connectivity index (χ0v) is 18.0. The van der Waals surface area contributed by atoms with Gasteiger partial charge in [-0.1, -0.05) is 32.8 Å². The van der Waals surface area contributed by atoms with Crippen LogP contribution in [0.15, 0.2) is 35.7 Å². The van der Waals surface area contributed by atoms with Crippen LogP contribution >= 0.6 is 11.3 Å². The normalized spacial score (nSPS) is 12.2. The van der Waals surface area contributed by atoms with E-state index < -0.39 is 0 Å². The number of thiophene rings is 1. The minimum absolute atomic E-state index is 0.0205. The maximum Gasteiger partial charge on any atom is 0.244 e. The first-order chi connectivity index (χ1) is 13.6. The number of methoxy groups -OCH3 is 3. The third kappa shape index (κ3) is 5.29. The van der Waals surface area contributed by atoms with E-state index in [9.17, 15) is 4.79 Å². The number of nitrogens with one attached hydrogen (secondary N) is 1. The Balaban J connectivity index is 2.20. The molecule has 0 spiro atoms. The minimum atomic E-state index is -0.126. The molecule has 0 radical (unpaired) electrons. The summed E-state index contributed by atoms with van der Waals surface area (Å²) in [4.78, 5) is 13.8. The summed E-state index contributed by atoms with van der Waals surface area (Å²) >= 11 is 1.67. The second kappa shape index (κ2) is 10.8. The lowest BCUT2D eigenvalue weighted by molar-refractivity contribution is -0.117. The van der Waals surface area contributed by atoms with Gasteiger partial charge in [-0.15, -0.1) is 11.3 Å². The van der Waals surface area contributed by atoms with Crippen LogP contribution in [0, 0.1) is 5.92 Å². The van der Waals surface area contributed by atoms with Crippen LogP contribution in [0.4, 0.5) is 0 Å². The van der Waals surface area contributed by atoms with Crippen LogP contribution in [0.3, 0.4) is 0 Å². The van der Waals surface area contributed by atoms with Gasteiger partial charge in [-0.05, 0) is 41.1 Å². The van der Waals surface area contributed by atoms with E-state index in [1.807, 2.05) is 23.6 Å². The van der Waals surface area contributed by atoms with Crippen molar-refractivity contribution in [2.45, 2.75) is 32.7 Å². The molecule has 0 saturated carbocycles. The van der Waals surface area contributed by atoms with Crippen LogP contribution in [-0.4, -0.2) is 27.2 Å². The summed E-state index contributed by atoms with van der Waals surface area (Å²) in [5.41, 5.74) is 0.792. The van der Waals surface area contributed by atoms with Crippen LogP contribution in [-0.2, 0) is 4.79 Å². The molecule has 1 amide bonds. The van der Waals surface area contributed by atoms with Crippen LogP contribution in [0.25, 0.3) is 6.08 Å². The Morgan fingerprint density at radius 3 is 2.21 bits per heavy atom. The molecule has 1 atom stereocenters. The molecule has 1 N–H and O–H groups in total. The first-order valence-corrected chi connectivity index (χ1v) is 10.3. The average molecular weight is 404 g/mol. The van der Waals surface area contributed by atoms with E-state index >= 15 is 0 Å². The zero-order chi connectivity index (χ0) is 20.5. The van der Waals surface area contributed by atoms with Crippen LogP contribution in [0.2, 0.25) is 0 Å². The Hall–Kier alpha value is -2.47. The third-order valence-corrected chi connectivity index (χ3v) is 5.74. The van der Waals surface area contributed by atoms with Gasteiger partial charge >= 0.3 is 0 Å². The molecule has 152 valence electrons. The van der Waals surface area contributed by atoms with Crippen molar-refractivity contribution in [3.05, 3.63) is 46.2 Å². The van der Waals surface area contributed by atoms with Crippen molar-refractivity contribution in [1.29, 1.82) is 0 Å². The maximum atomic E-state index is 12.6. The standard InChI is InChI=1S/C22H29NO4S/c1-6-16(7-2)21(19-9-8-12-28-19)23-20(24)11-10-15-13-17(25-3)22(27-5)18(14-15)26-4/h8-14,16,21H,6-7H2,1-5H3,(H,23,24)/b11-10+. The van der Waals surface area contributed by atoms with E-state index in [1.165, 1.54) is 4.88 Å². The molecule has 6 heteroatoms. The van der Waals surface area contributed by atoms with Gasteiger partial charge in [0.1, 0.15) is 0 Å². The molecule has 1 aromatic carbocycles. The Bertz CT molecular complexity index is 757. The molecule has 0 aliphatic rings. The first-order valence-electron chi connectivity index (χ1n) is 9.39. The topological polar surface area (TPSA) is 56.8 Å². The largest absolute Gasteiger partial charge is 0.493 e. The number of carbonyl (C=O) groups is 1. The van der Waals surface area contributed by atoms with Crippen molar-refractivity contribution in [2.24, 2.45) is 5.92 Å². The number of carbonyl (C=O) groups excluding carboxylic acids is 1. The summed E-state index contributed by atoms with van der Waals surface area (Å²) in [6.45, 7) is 4.32. The number of amides is 1. The first kappa shape index (κ1) is 21.8. The number of hydrogen-bond donors (Lipinski definition) is 1. The summed E-state index contributed by atoms with van der Waals surface area (Å²) in [6, 6.07) is 7.74. The predicted octanol–water partition coefficient (Wildman–Crippen LogP) is 5.08. The van der Waals surface area contributed by atoms with Gasteiger partial charge in [-0.25, -0.2) is 0 Å². The molecule has 2 rings (SSSR count). The lowest BCUT2D eigenvalue weighted by atomic mass is 9.93. The van der Waals surface area contributed by atoms with Crippen molar-refractivity contribution < 1.29 is 19.0 Å². The van der Waals surface area contributed by atoms with E-state index in [2.05, 4.69) is 25.2 Å². The van der Waals surface area contributed by atoms with Crippen molar-refractivity contribution in [1.82, 2.24) is 5.32 Å². The van der Waals surface area contributed by atoms with E-state index in [1.54, 1.807) is 44.8 Å². The fraction of sp³-hybridized carbons (Fsp3) is 0.409. The monoisotopic (exact) mass is 403 g/mol. The second-order valence-corrected chi connectivity index (χ2v) is 7.35. The maximum absolute atomic E-state index is 12.6. The van der Waals surface area contributed by atoms with Crippen molar-refractivity contribution >= 4 is 23.3 Å². The molecule has 0 saturated heterocycles. The molecule has 2 aromatic rings. The van der Waals surface area contributed by atoms with E-state index in [-0.39, 0.29) is 11.9 Å². The molecule has 0 fully saturated rings. The highest BCUT2D eigenvalue weighted by atomic mass is 32.1. The van der Waals surface area contributed by atoms with E-state index in [4.69, 9.17) is 14.2 Å². The van der Waals surface area contributed by atoms with Gasteiger partial charge in [0, 0.05) is 11.0 Å². The quantitative estimate of drug-likeness (QED) is 0.562. The van der Waals surface area contributed by atoms with Gasteiger partial charge in [0.25, 0.3) is 0 Å². The molecule has 0 aliphatic heterocycles. The van der Waals surface area contributed by atoms with Gasteiger partial charge in [0.15, 0.2) is 11.5 Å². The highest BCUT2D eigenvalue weighted by molar-refractivity contribution is 7.10. The van der Waals surface area contributed by atoms with Crippen molar-refractivity contribution in [2.75, 3.05) is 21.3 Å². The Morgan fingerprint density at radius 2 is 1.75 bits per heavy atom. The summed E-state index contributed by atoms with van der Waals surface area (Å²) < 4.78 is 16.1. The van der Waals surface area contributed by atoms with Gasteiger partial charge in [-0.2, -0.15) is 0 Å². The number of benzene rings is 1. The number of hydrogen-bond acceptors (Lipinski definition) is 5. The second-order valence-electron chi connectivity index (χ2n) is 6.37. The average Bonchev–Trinajstić information content (AvgIpc) is 3.26. The van der Waals surface area contributed by atoms with Gasteiger partial charge < -0.3 is 19.5 Å². The summed E-state index contributed by atoms with van der Waals surface area (Å²) in [7, 11) is 4.70. The molecule has 1 heterocycles. The highest BCUT2D eigenvalue weighted by Gasteiger charge is 2.22. The lowest BCUT2D eigenvalue weighted by Gasteiger charge is -2.25. The predicted molar refractivity (Wildman–Crippen MR) is 114 cm³/mol. The fourth-order valence-corrected chi connectivity index (χ4v) is 4.09. The highest BCUT2D eigenvalue weighted by Crippen LogP contribution is 2.38. The SMILES string of the molecule is CCC(CC)C(NC(=O)/C=C/c1cc(OC)c(OC)c(OC)c1)c1cccs1. The minimum Gasteiger partial charge on any atom is -0.493 e. The summed E-state index contributed by atoms with van der Waals surface area (Å²) in [5.74, 6) is 1.90. The molecule has 0 aliphatic carbocycles. The van der Waals surface area contributed by atoms with Crippen LogP contribution < -0.4 is 19.5 Å². The molecular formula is C22H29NO4S. The Labute approximate surface area is 171 Å². The van der Waals surface area contributed by atoms with E-state index in [0.717, 1.165) is 18.4 Å². The van der Waals surface area contributed by atoms with Gasteiger partial charge in [0.05, 0.1) is 27.4 Å². The Morgan fingerprint density at radius 1 is 1.11 bits per heavy atom. The smallest absolute Gasteiger partial charge is 0.244 e.